The van der Waals surface area contributed by atoms with E-state index < -0.39 is 35.2 Å². The van der Waals surface area contributed by atoms with Gasteiger partial charge in [0.1, 0.15) is 0 Å². The lowest BCUT2D eigenvalue weighted by Gasteiger charge is -2.49. The summed E-state index contributed by atoms with van der Waals surface area (Å²) in [4.78, 5) is 27.7. The van der Waals surface area contributed by atoms with Gasteiger partial charge in [-0.3, -0.25) is 9.59 Å². The SMILES string of the molecule is Cc1cc(C(C)OC[C@@]2(c3ccccc3)CCC(C(N)=O)CN2C(=O)c2ccccc2)cc(C(F)(F)F)c1. The number of piperidine rings is 1. The molecule has 0 saturated carbocycles. The number of carbonyl (C=O) groups excluding carboxylic acids is 2. The first-order valence-corrected chi connectivity index (χ1v) is 12.5. The molecule has 0 spiro atoms. The molecule has 2 unspecified atom stereocenters. The van der Waals surface area contributed by atoms with Crippen LogP contribution in [-0.2, 0) is 21.2 Å². The zero-order chi connectivity index (χ0) is 27.5. The fourth-order valence-corrected chi connectivity index (χ4v) is 5.13. The molecule has 3 aromatic carbocycles. The van der Waals surface area contributed by atoms with Gasteiger partial charge in [0.25, 0.3) is 5.91 Å². The predicted octanol–water partition coefficient (Wildman–Crippen LogP) is 6.02. The maximum absolute atomic E-state index is 13.9. The van der Waals surface area contributed by atoms with Crippen LogP contribution in [0.2, 0.25) is 0 Å². The molecule has 4 rings (SSSR count). The van der Waals surface area contributed by atoms with Gasteiger partial charge >= 0.3 is 6.18 Å². The summed E-state index contributed by atoms with van der Waals surface area (Å²) in [5.74, 6) is -1.28. The van der Waals surface area contributed by atoms with Gasteiger partial charge in [0.05, 0.1) is 29.7 Å². The summed E-state index contributed by atoms with van der Waals surface area (Å²) in [6.07, 6.45) is -4.31. The Balaban J connectivity index is 1.73. The maximum atomic E-state index is 13.9. The van der Waals surface area contributed by atoms with Crippen LogP contribution in [0.15, 0.2) is 78.9 Å². The lowest BCUT2D eigenvalue weighted by molar-refractivity contribution is -0.137. The molecule has 1 fully saturated rings. The van der Waals surface area contributed by atoms with E-state index in [1.807, 2.05) is 36.4 Å². The number of primary amides is 1. The minimum absolute atomic E-state index is 0.0253. The third-order valence-electron chi connectivity index (χ3n) is 7.27. The summed E-state index contributed by atoms with van der Waals surface area (Å²) in [5.41, 5.74) is 6.12. The molecule has 5 nitrogen and oxygen atoms in total. The molecule has 0 bridgehead atoms. The van der Waals surface area contributed by atoms with Crippen molar-refractivity contribution in [1.29, 1.82) is 0 Å². The fraction of sp³-hybridized carbons (Fsp3) is 0.333. The second-order valence-corrected chi connectivity index (χ2v) is 9.90. The third-order valence-corrected chi connectivity index (χ3v) is 7.27. The molecule has 3 atom stereocenters. The smallest absolute Gasteiger partial charge is 0.371 e. The Morgan fingerprint density at radius 1 is 1.05 bits per heavy atom. The molecule has 1 aliphatic rings. The van der Waals surface area contributed by atoms with Crippen molar-refractivity contribution in [3.63, 3.8) is 0 Å². The minimum atomic E-state index is -4.47. The van der Waals surface area contributed by atoms with Crippen LogP contribution in [0.3, 0.4) is 0 Å². The Bertz CT molecular complexity index is 1280. The Kier molecular flexibility index (Phi) is 7.92. The van der Waals surface area contributed by atoms with Crippen molar-refractivity contribution in [2.45, 2.75) is 44.5 Å². The van der Waals surface area contributed by atoms with Crippen molar-refractivity contribution >= 4 is 11.8 Å². The number of ether oxygens (including phenoxy) is 1. The van der Waals surface area contributed by atoms with Crippen LogP contribution in [0.25, 0.3) is 0 Å². The number of nitrogens with two attached hydrogens (primary N) is 1. The molecule has 0 aliphatic carbocycles. The molecule has 1 saturated heterocycles. The summed E-state index contributed by atoms with van der Waals surface area (Å²) in [6.45, 7) is 3.45. The number of nitrogens with zero attached hydrogens (tertiary/aromatic N) is 1. The Morgan fingerprint density at radius 2 is 1.68 bits per heavy atom. The zero-order valence-corrected chi connectivity index (χ0v) is 21.4. The topological polar surface area (TPSA) is 72.6 Å². The van der Waals surface area contributed by atoms with Gasteiger partial charge in [-0.1, -0.05) is 60.2 Å². The monoisotopic (exact) mass is 524 g/mol. The highest BCUT2D eigenvalue weighted by Crippen LogP contribution is 2.42. The van der Waals surface area contributed by atoms with Crippen LogP contribution in [0, 0.1) is 12.8 Å². The summed E-state index contributed by atoms with van der Waals surface area (Å²) in [7, 11) is 0. The number of halogens is 3. The van der Waals surface area contributed by atoms with Gasteiger partial charge in [-0.2, -0.15) is 13.2 Å². The number of alkyl halides is 3. The molecular weight excluding hydrogens is 493 g/mol. The first kappa shape index (κ1) is 27.4. The van der Waals surface area contributed by atoms with Crippen molar-refractivity contribution in [2.75, 3.05) is 13.2 Å². The van der Waals surface area contributed by atoms with E-state index in [0.29, 0.717) is 29.5 Å². The van der Waals surface area contributed by atoms with E-state index in [9.17, 15) is 22.8 Å². The maximum Gasteiger partial charge on any atom is 0.416 e. The van der Waals surface area contributed by atoms with Gasteiger partial charge in [-0.05, 0) is 62.1 Å². The quantitative estimate of drug-likeness (QED) is 0.411. The van der Waals surface area contributed by atoms with Gasteiger partial charge in [-0.25, -0.2) is 0 Å². The van der Waals surface area contributed by atoms with Crippen LogP contribution in [-0.4, -0.2) is 29.9 Å². The molecule has 0 aromatic heterocycles. The van der Waals surface area contributed by atoms with E-state index in [4.69, 9.17) is 10.5 Å². The van der Waals surface area contributed by atoms with Gasteiger partial charge in [-0.15, -0.1) is 0 Å². The molecule has 0 radical (unpaired) electrons. The second kappa shape index (κ2) is 11.0. The van der Waals surface area contributed by atoms with Crippen LogP contribution in [0.5, 0.6) is 0 Å². The fourth-order valence-electron chi connectivity index (χ4n) is 5.13. The summed E-state index contributed by atoms with van der Waals surface area (Å²) in [6, 6.07) is 22.0. The van der Waals surface area contributed by atoms with Crippen molar-refractivity contribution < 1.29 is 27.5 Å². The lowest BCUT2D eigenvalue weighted by Crippen LogP contribution is -2.58. The highest BCUT2D eigenvalue weighted by molar-refractivity contribution is 5.95. The molecule has 2 amide bonds. The van der Waals surface area contributed by atoms with Crippen LogP contribution in [0.1, 0.15) is 58.5 Å². The first-order chi connectivity index (χ1) is 18.0. The number of rotatable bonds is 7. The molecule has 3 aromatic rings. The molecular formula is C30H31F3N2O3. The summed E-state index contributed by atoms with van der Waals surface area (Å²) in [5, 5.41) is 0. The Morgan fingerprint density at radius 3 is 2.29 bits per heavy atom. The molecule has 1 aliphatic heterocycles. The Labute approximate surface area is 220 Å². The predicted molar refractivity (Wildman–Crippen MR) is 138 cm³/mol. The van der Waals surface area contributed by atoms with Gasteiger partial charge in [0.15, 0.2) is 0 Å². The van der Waals surface area contributed by atoms with Crippen molar-refractivity contribution in [1.82, 2.24) is 4.90 Å². The minimum Gasteiger partial charge on any atom is -0.371 e. The Hall–Kier alpha value is -3.65. The largest absolute Gasteiger partial charge is 0.416 e. The average Bonchev–Trinajstić information content (AvgIpc) is 2.91. The van der Waals surface area contributed by atoms with Crippen LogP contribution < -0.4 is 5.73 Å². The van der Waals surface area contributed by atoms with Crippen molar-refractivity contribution in [3.8, 4) is 0 Å². The molecule has 38 heavy (non-hydrogen) atoms. The van der Waals surface area contributed by atoms with E-state index in [1.165, 1.54) is 0 Å². The standard InChI is InChI=1S/C30H31F3N2O3/c1-20-15-24(17-26(16-20)30(31,32)33)21(2)38-19-29(25-11-7-4-8-12-25)14-13-23(27(34)36)18-35(29)28(37)22-9-5-3-6-10-22/h3-12,15-17,21,23H,13-14,18-19H2,1-2H3,(H2,34,36)/t21?,23?,29-/m1/s1. The normalized spacial score (nSPS) is 20.7. The van der Waals surface area contributed by atoms with E-state index in [1.54, 1.807) is 49.1 Å². The summed E-state index contributed by atoms with van der Waals surface area (Å²) < 4.78 is 46.6. The number of hydrogen-bond donors (Lipinski definition) is 1. The van der Waals surface area contributed by atoms with Gasteiger partial charge in [0, 0.05) is 12.1 Å². The number of likely N-dealkylation sites (tertiary alicyclic amines) is 1. The number of carbonyl (C=O) groups is 2. The van der Waals surface area contributed by atoms with E-state index in [-0.39, 0.29) is 19.1 Å². The first-order valence-electron chi connectivity index (χ1n) is 12.5. The van der Waals surface area contributed by atoms with Gasteiger partial charge in [0.2, 0.25) is 5.91 Å². The van der Waals surface area contributed by atoms with Crippen molar-refractivity contribution in [2.24, 2.45) is 11.7 Å². The third kappa shape index (κ3) is 5.75. The van der Waals surface area contributed by atoms with Crippen LogP contribution in [0.4, 0.5) is 13.2 Å². The lowest BCUT2D eigenvalue weighted by atomic mass is 9.77. The molecule has 1 heterocycles. The zero-order valence-electron chi connectivity index (χ0n) is 21.4. The second-order valence-electron chi connectivity index (χ2n) is 9.90. The van der Waals surface area contributed by atoms with E-state index in [2.05, 4.69) is 0 Å². The van der Waals surface area contributed by atoms with E-state index >= 15 is 0 Å². The van der Waals surface area contributed by atoms with Crippen molar-refractivity contribution in [3.05, 3.63) is 107 Å². The summed E-state index contributed by atoms with van der Waals surface area (Å²) >= 11 is 0. The van der Waals surface area contributed by atoms with Gasteiger partial charge < -0.3 is 15.4 Å². The highest BCUT2D eigenvalue weighted by Gasteiger charge is 2.47. The molecule has 8 heteroatoms. The highest BCUT2D eigenvalue weighted by atomic mass is 19.4. The number of aryl methyl sites for hydroxylation is 1. The average molecular weight is 525 g/mol. The van der Waals surface area contributed by atoms with Crippen LogP contribution >= 0.6 is 0 Å². The molecule has 2 N–H and O–H groups in total. The molecule has 200 valence electrons. The number of hydrogen-bond acceptors (Lipinski definition) is 3. The van der Waals surface area contributed by atoms with E-state index in [0.717, 1.165) is 17.7 Å². The number of benzene rings is 3. The number of amides is 2.